The van der Waals surface area contributed by atoms with Crippen LogP contribution >= 0.6 is 23.2 Å². The van der Waals surface area contributed by atoms with Gasteiger partial charge in [0.1, 0.15) is 5.52 Å². The smallest absolute Gasteiger partial charge is 0.408 e. The van der Waals surface area contributed by atoms with Crippen molar-refractivity contribution in [3.8, 4) is 5.75 Å². The minimum atomic E-state index is -0.614. The Morgan fingerprint density at radius 1 is 1.05 bits per heavy atom. The molecule has 0 aliphatic heterocycles. The van der Waals surface area contributed by atoms with Crippen molar-refractivity contribution >= 4 is 45.9 Å². The van der Waals surface area contributed by atoms with Gasteiger partial charge in [-0.1, -0.05) is 23.2 Å². The molecule has 1 aromatic heterocycles. The molecule has 3 aromatic rings. The van der Waals surface area contributed by atoms with Gasteiger partial charge >= 0.3 is 6.09 Å². The number of pyridine rings is 1. The summed E-state index contributed by atoms with van der Waals surface area (Å²) < 4.78 is 5.31. The molecule has 0 saturated heterocycles. The highest BCUT2D eigenvalue weighted by molar-refractivity contribution is 6.35. The van der Waals surface area contributed by atoms with Crippen LogP contribution in [0.2, 0.25) is 10.0 Å². The van der Waals surface area contributed by atoms with E-state index in [0.29, 0.717) is 27.0 Å². The Morgan fingerprint density at radius 2 is 1.82 bits per heavy atom. The highest BCUT2D eigenvalue weighted by atomic mass is 35.5. The number of benzene rings is 2. The third kappa shape index (κ3) is 3.13. The van der Waals surface area contributed by atoms with E-state index in [9.17, 15) is 4.79 Å². The number of nitrogens with zero attached hydrogens (tertiary/aromatic N) is 1. The van der Waals surface area contributed by atoms with E-state index in [1.54, 1.807) is 48.7 Å². The lowest BCUT2D eigenvalue weighted by molar-refractivity contribution is 0.215. The Morgan fingerprint density at radius 3 is 2.59 bits per heavy atom. The zero-order valence-electron chi connectivity index (χ0n) is 11.2. The topological polar surface area (TPSA) is 51.2 Å². The van der Waals surface area contributed by atoms with Crippen LogP contribution in [0.1, 0.15) is 0 Å². The molecule has 1 N–H and O–H groups in total. The molecular formula is C16H10Cl2N2O2. The monoisotopic (exact) mass is 332 g/mol. The predicted molar refractivity (Wildman–Crippen MR) is 87.9 cm³/mol. The Kier molecular flexibility index (Phi) is 4.13. The Labute approximate surface area is 136 Å². The van der Waals surface area contributed by atoms with Gasteiger partial charge in [-0.15, -0.1) is 0 Å². The van der Waals surface area contributed by atoms with Crippen LogP contribution in [0.3, 0.4) is 0 Å². The number of halogens is 2. The van der Waals surface area contributed by atoms with E-state index in [-0.39, 0.29) is 0 Å². The number of hydrogen-bond donors (Lipinski definition) is 1. The van der Waals surface area contributed by atoms with Gasteiger partial charge in [-0.05, 0) is 48.5 Å². The van der Waals surface area contributed by atoms with Gasteiger partial charge < -0.3 is 4.74 Å². The predicted octanol–water partition coefficient (Wildman–Crippen LogP) is 5.15. The van der Waals surface area contributed by atoms with Crippen LogP contribution in [0, 0.1) is 0 Å². The fraction of sp³-hybridized carbons (Fsp3) is 0. The highest BCUT2D eigenvalue weighted by Crippen LogP contribution is 2.29. The van der Waals surface area contributed by atoms with Gasteiger partial charge in [0.25, 0.3) is 0 Å². The molecule has 4 nitrogen and oxygen atoms in total. The number of hydrogen-bond acceptors (Lipinski definition) is 3. The molecular weight excluding hydrogens is 323 g/mol. The van der Waals surface area contributed by atoms with Crippen molar-refractivity contribution in [3.05, 3.63) is 64.8 Å². The number of rotatable bonds is 2. The number of fused-ring (bicyclic) bond motifs is 1. The number of anilines is 1. The number of ether oxygens (including phenoxy) is 1. The summed E-state index contributed by atoms with van der Waals surface area (Å²) in [6.07, 6.45) is 0.999. The summed E-state index contributed by atoms with van der Waals surface area (Å²) in [5.74, 6) is 0.339. The Bertz CT molecular complexity index is 835. The van der Waals surface area contributed by atoms with Gasteiger partial charge in [-0.2, -0.15) is 0 Å². The summed E-state index contributed by atoms with van der Waals surface area (Å²) in [7, 11) is 0. The largest absolute Gasteiger partial charge is 0.417 e. The first-order chi connectivity index (χ1) is 10.6. The van der Waals surface area contributed by atoms with Gasteiger partial charge in [0.05, 0.1) is 5.02 Å². The van der Waals surface area contributed by atoms with Crippen LogP contribution in [-0.4, -0.2) is 11.1 Å². The van der Waals surface area contributed by atoms with Gasteiger partial charge in [0.15, 0.2) is 5.75 Å². The normalized spacial score (nSPS) is 10.5. The van der Waals surface area contributed by atoms with Crippen molar-refractivity contribution in [2.75, 3.05) is 5.32 Å². The summed E-state index contributed by atoms with van der Waals surface area (Å²) in [5, 5.41) is 4.48. The lowest BCUT2D eigenvalue weighted by Crippen LogP contribution is -2.16. The van der Waals surface area contributed by atoms with Crippen molar-refractivity contribution in [3.63, 3.8) is 0 Å². The average Bonchev–Trinajstić information content (AvgIpc) is 2.53. The van der Waals surface area contributed by atoms with Crippen molar-refractivity contribution < 1.29 is 9.53 Å². The van der Waals surface area contributed by atoms with Gasteiger partial charge in [0, 0.05) is 22.3 Å². The van der Waals surface area contributed by atoms with Crippen molar-refractivity contribution in [1.82, 2.24) is 4.98 Å². The SMILES string of the molecule is O=C(Nc1ccc(Cl)cc1)Oc1ccc(Cl)c2cccnc12. The molecule has 0 unspecified atom stereocenters. The highest BCUT2D eigenvalue weighted by Gasteiger charge is 2.11. The minimum absolute atomic E-state index is 0.339. The van der Waals surface area contributed by atoms with E-state index in [1.165, 1.54) is 0 Å². The molecule has 0 saturated carbocycles. The summed E-state index contributed by atoms with van der Waals surface area (Å²) in [6, 6.07) is 13.6. The fourth-order valence-corrected chi connectivity index (χ4v) is 2.31. The average molecular weight is 333 g/mol. The van der Waals surface area contributed by atoms with Gasteiger partial charge in [-0.25, -0.2) is 4.79 Å². The second-order valence-electron chi connectivity index (χ2n) is 4.47. The van der Waals surface area contributed by atoms with Crippen molar-refractivity contribution in [2.24, 2.45) is 0 Å². The number of aromatic nitrogens is 1. The maximum atomic E-state index is 12.0. The Hall–Kier alpha value is -2.30. The molecule has 0 fully saturated rings. The first-order valence-corrected chi connectivity index (χ1v) is 7.17. The molecule has 0 aliphatic rings. The molecule has 3 rings (SSSR count). The molecule has 110 valence electrons. The van der Waals surface area contributed by atoms with Gasteiger partial charge in [-0.3, -0.25) is 10.3 Å². The van der Waals surface area contributed by atoms with Crippen LogP contribution < -0.4 is 10.1 Å². The molecule has 2 aromatic carbocycles. The van der Waals surface area contributed by atoms with E-state index in [2.05, 4.69) is 10.3 Å². The maximum absolute atomic E-state index is 12.0. The number of amides is 1. The summed E-state index contributed by atoms with van der Waals surface area (Å²) >= 11 is 11.9. The van der Waals surface area contributed by atoms with Crippen molar-refractivity contribution in [1.29, 1.82) is 0 Å². The van der Waals surface area contributed by atoms with E-state index in [0.717, 1.165) is 5.39 Å². The Balaban J connectivity index is 1.82. The van der Waals surface area contributed by atoms with Crippen LogP contribution in [-0.2, 0) is 0 Å². The summed E-state index contributed by atoms with van der Waals surface area (Å²) in [6.45, 7) is 0. The van der Waals surface area contributed by atoms with Crippen LogP contribution in [0.25, 0.3) is 10.9 Å². The third-order valence-electron chi connectivity index (χ3n) is 2.97. The molecule has 6 heteroatoms. The summed E-state index contributed by atoms with van der Waals surface area (Å²) in [4.78, 5) is 16.2. The molecule has 0 atom stereocenters. The standard InChI is InChI=1S/C16H10Cl2N2O2/c17-10-3-5-11(6-4-10)20-16(21)22-14-8-7-13(18)12-2-1-9-19-15(12)14/h1-9H,(H,20,21). The second kappa shape index (κ2) is 6.22. The first kappa shape index (κ1) is 14.6. The van der Waals surface area contributed by atoms with E-state index in [1.807, 2.05) is 6.07 Å². The maximum Gasteiger partial charge on any atom is 0.417 e. The van der Waals surface area contributed by atoms with E-state index < -0.39 is 6.09 Å². The van der Waals surface area contributed by atoms with Crippen LogP contribution in [0.4, 0.5) is 10.5 Å². The number of carbonyl (C=O) groups is 1. The van der Waals surface area contributed by atoms with Crippen LogP contribution in [0.5, 0.6) is 5.75 Å². The van der Waals surface area contributed by atoms with E-state index >= 15 is 0 Å². The number of carbonyl (C=O) groups excluding carboxylic acids is 1. The second-order valence-corrected chi connectivity index (χ2v) is 5.31. The first-order valence-electron chi connectivity index (χ1n) is 6.41. The van der Waals surface area contributed by atoms with Crippen LogP contribution in [0.15, 0.2) is 54.7 Å². The third-order valence-corrected chi connectivity index (χ3v) is 3.55. The van der Waals surface area contributed by atoms with Gasteiger partial charge in [0.2, 0.25) is 0 Å². The summed E-state index contributed by atoms with van der Waals surface area (Å²) in [5.41, 5.74) is 1.11. The number of nitrogens with one attached hydrogen (secondary N) is 1. The lowest BCUT2D eigenvalue weighted by atomic mass is 10.2. The molecule has 0 radical (unpaired) electrons. The zero-order chi connectivity index (χ0) is 15.5. The van der Waals surface area contributed by atoms with Crippen molar-refractivity contribution in [2.45, 2.75) is 0 Å². The quantitative estimate of drug-likeness (QED) is 0.705. The molecule has 0 aliphatic carbocycles. The molecule has 0 spiro atoms. The molecule has 0 bridgehead atoms. The lowest BCUT2D eigenvalue weighted by Gasteiger charge is -2.09. The fourth-order valence-electron chi connectivity index (χ4n) is 1.97. The minimum Gasteiger partial charge on any atom is -0.408 e. The molecule has 1 amide bonds. The van der Waals surface area contributed by atoms with E-state index in [4.69, 9.17) is 27.9 Å². The molecule has 1 heterocycles. The molecule has 22 heavy (non-hydrogen) atoms. The zero-order valence-corrected chi connectivity index (χ0v) is 12.7.